The van der Waals surface area contributed by atoms with Gasteiger partial charge < -0.3 is 13.7 Å². The van der Waals surface area contributed by atoms with E-state index in [0.29, 0.717) is 0 Å². The van der Waals surface area contributed by atoms with Gasteiger partial charge in [-0.3, -0.25) is 0 Å². The van der Waals surface area contributed by atoms with Crippen molar-refractivity contribution >= 4 is 94.2 Å². The summed E-state index contributed by atoms with van der Waals surface area (Å²) in [6, 6.07) is 101. The van der Waals surface area contributed by atoms with Crippen molar-refractivity contribution in [2.75, 3.05) is 0 Å². The molecule has 3 aromatic heterocycles. The van der Waals surface area contributed by atoms with Gasteiger partial charge in [-0.1, -0.05) is 218 Å². The van der Waals surface area contributed by atoms with Gasteiger partial charge in [0.05, 0.1) is 38.8 Å². The van der Waals surface area contributed by atoms with Crippen molar-refractivity contribution in [2.45, 2.75) is 0 Å². The second kappa shape index (κ2) is 16.1. The van der Waals surface area contributed by atoms with Gasteiger partial charge in [-0.2, -0.15) is 0 Å². The first-order valence-corrected chi connectivity index (χ1v) is 26.2. The molecule has 0 fully saturated rings. The Kier molecular flexibility index (Phi) is 9.23. The fraction of sp³-hybridized carbons (Fsp3) is 0. The molecule has 4 heteroatoms. The summed E-state index contributed by atoms with van der Waals surface area (Å²) >= 11 is 0. The van der Waals surface area contributed by atoms with Crippen LogP contribution in [0.2, 0.25) is 0 Å². The average Bonchev–Trinajstić information content (AvgIpc) is 4.08. The Labute approximate surface area is 407 Å². The molecule has 0 radical (unpaired) electrons. The maximum Gasteiger partial charge on any atom is 0.179 e. The molecule has 14 aromatic rings. The lowest BCUT2D eigenvalue weighted by molar-refractivity contribution is 1.13. The molecule has 14 rings (SSSR count). The minimum Gasteiger partial charge on any atom is -0.309 e. The molecule has 3 heterocycles. The molecule has 3 nitrogen and oxygen atoms in total. The molecule has 0 saturated heterocycles. The van der Waals surface area contributed by atoms with Crippen molar-refractivity contribution in [1.29, 1.82) is 0 Å². The minimum atomic E-state index is -2.84. The van der Waals surface area contributed by atoms with Crippen LogP contribution in [0.3, 0.4) is 0 Å². The van der Waals surface area contributed by atoms with Crippen molar-refractivity contribution in [2.24, 2.45) is 0 Å². The first-order chi connectivity index (χ1) is 34.8. The molecule has 0 aliphatic heterocycles. The van der Waals surface area contributed by atoms with Gasteiger partial charge in [-0.25, -0.2) is 0 Å². The predicted molar refractivity (Wildman–Crippen MR) is 299 cm³/mol. The zero-order chi connectivity index (χ0) is 46.2. The summed E-state index contributed by atoms with van der Waals surface area (Å²) in [6.45, 7) is 0. The number of hydrogen-bond acceptors (Lipinski definition) is 0. The third kappa shape index (κ3) is 5.94. The standard InChI is InChI=1S/C66H45N3Si/c1-5-22-47(23-6-1)67-60-38-16-13-32-54(60)57-43-42-46(44-64(57)67)53-35-20-36-58-55-33-15-18-40-62(55)69(65(53)58)63-41-21-37-59-56-34-14-17-39-61(56)68(66(59)63)48-24-19-31-52(45-48)70(49-25-7-2-8-26-49,50-27-9-3-10-28-50)51-29-11-4-12-30-51/h1-45H. The van der Waals surface area contributed by atoms with Crippen molar-refractivity contribution in [3.63, 3.8) is 0 Å². The van der Waals surface area contributed by atoms with Crippen LogP contribution < -0.4 is 20.7 Å². The Balaban J connectivity index is 1.06. The lowest BCUT2D eigenvalue weighted by Gasteiger charge is -2.34. The van der Waals surface area contributed by atoms with E-state index in [0.717, 1.165) is 17.1 Å². The normalized spacial score (nSPS) is 12.0. The Morgan fingerprint density at radius 3 is 1.29 bits per heavy atom. The van der Waals surface area contributed by atoms with Crippen LogP contribution in [0.1, 0.15) is 0 Å². The van der Waals surface area contributed by atoms with Crippen LogP contribution >= 0.6 is 0 Å². The third-order valence-corrected chi connectivity index (χ3v) is 19.5. The molecule has 0 N–H and O–H groups in total. The van der Waals surface area contributed by atoms with Crippen molar-refractivity contribution in [3.05, 3.63) is 273 Å². The zero-order valence-corrected chi connectivity index (χ0v) is 39.3. The molecule has 11 aromatic carbocycles. The Bertz CT molecular complexity index is 4180. The SMILES string of the molecule is c1ccc(-n2c3ccccc3c3ccc(-c4cccc5c6ccccc6n(-c6cccc7c8ccccc8n(-c8cccc([Si](c9ccccc9)(c9ccccc9)c9ccccc9)c8)c67)c45)cc32)cc1. The highest BCUT2D eigenvalue weighted by atomic mass is 28.3. The van der Waals surface area contributed by atoms with Crippen molar-refractivity contribution < 1.29 is 0 Å². The zero-order valence-electron chi connectivity index (χ0n) is 38.3. The van der Waals surface area contributed by atoms with Crippen LogP contribution in [-0.4, -0.2) is 21.8 Å². The Morgan fingerprint density at radius 1 is 0.243 bits per heavy atom. The molecule has 0 unspecified atom stereocenters. The van der Waals surface area contributed by atoms with Crippen LogP contribution in [0.25, 0.3) is 93.6 Å². The van der Waals surface area contributed by atoms with Crippen LogP contribution in [-0.2, 0) is 0 Å². The van der Waals surface area contributed by atoms with Crippen LogP contribution in [0.4, 0.5) is 0 Å². The second-order valence-electron chi connectivity index (χ2n) is 18.4. The van der Waals surface area contributed by atoms with E-state index in [1.807, 2.05) is 0 Å². The first-order valence-electron chi connectivity index (χ1n) is 24.2. The molecular weight excluding hydrogens is 863 g/mol. The number of benzene rings is 11. The maximum atomic E-state index is 2.55. The van der Waals surface area contributed by atoms with E-state index in [1.165, 1.54) is 97.3 Å². The second-order valence-corrected chi connectivity index (χ2v) is 22.2. The molecule has 0 amide bonds. The fourth-order valence-corrected chi connectivity index (χ4v) is 16.7. The summed E-state index contributed by atoms with van der Waals surface area (Å²) in [5.41, 5.74) is 12.9. The molecule has 0 saturated carbocycles. The van der Waals surface area contributed by atoms with E-state index < -0.39 is 8.07 Å². The Morgan fingerprint density at radius 2 is 0.671 bits per heavy atom. The highest BCUT2D eigenvalue weighted by Gasteiger charge is 2.41. The van der Waals surface area contributed by atoms with Crippen LogP contribution in [0.15, 0.2) is 273 Å². The van der Waals surface area contributed by atoms with Crippen LogP contribution in [0, 0.1) is 0 Å². The molecule has 0 aliphatic rings. The van der Waals surface area contributed by atoms with Gasteiger partial charge in [0.1, 0.15) is 0 Å². The molecule has 0 spiro atoms. The monoisotopic (exact) mass is 907 g/mol. The van der Waals surface area contributed by atoms with Gasteiger partial charge in [-0.15, -0.1) is 0 Å². The quantitative estimate of drug-likeness (QED) is 0.107. The van der Waals surface area contributed by atoms with Gasteiger partial charge in [-0.05, 0) is 80.9 Å². The maximum absolute atomic E-state index is 2.84. The summed E-state index contributed by atoms with van der Waals surface area (Å²) in [5, 5.41) is 12.8. The lowest BCUT2D eigenvalue weighted by atomic mass is 10.00. The molecule has 70 heavy (non-hydrogen) atoms. The number of aromatic nitrogens is 3. The van der Waals surface area contributed by atoms with Gasteiger partial charge >= 0.3 is 0 Å². The predicted octanol–water partition coefficient (Wildman–Crippen LogP) is 14.0. The molecular formula is C66H45N3Si. The van der Waals surface area contributed by atoms with Crippen molar-refractivity contribution in [1.82, 2.24) is 13.7 Å². The number of fused-ring (bicyclic) bond motifs is 9. The lowest BCUT2D eigenvalue weighted by Crippen LogP contribution is -2.74. The van der Waals surface area contributed by atoms with E-state index in [-0.39, 0.29) is 0 Å². The van der Waals surface area contributed by atoms with Crippen LogP contribution in [0.5, 0.6) is 0 Å². The van der Waals surface area contributed by atoms with Crippen molar-refractivity contribution in [3.8, 4) is 28.2 Å². The van der Waals surface area contributed by atoms with E-state index in [4.69, 9.17) is 0 Å². The van der Waals surface area contributed by atoms with E-state index in [9.17, 15) is 0 Å². The summed E-state index contributed by atoms with van der Waals surface area (Å²) in [6.07, 6.45) is 0. The largest absolute Gasteiger partial charge is 0.309 e. The average molecular weight is 908 g/mol. The fourth-order valence-electron chi connectivity index (χ4n) is 11.9. The summed E-state index contributed by atoms with van der Waals surface area (Å²) in [5.74, 6) is 0. The van der Waals surface area contributed by atoms with Gasteiger partial charge in [0.15, 0.2) is 8.07 Å². The van der Waals surface area contributed by atoms with E-state index in [1.54, 1.807) is 0 Å². The number of hydrogen-bond donors (Lipinski definition) is 0. The highest BCUT2D eigenvalue weighted by Crippen LogP contribution is 2.43. The summed E-state index contributed by atoms with van der Waals surface area (Å²) < 4.78 is 7.51. The van der Waals surface area contributed by atoms with Gasteiger partial charge in [0.2, 0.25) is 0 Å². The summed E-state index contributed by atoms with van der Waals surface area (Å²) in [7, 11) is -2.84. The van der Waals surface area contributed by atoms with Gasteiger partial charge in [0.25, 0.3) is 0 Å². The molecule has 0 aliphatic carbocycles. The molecule has 0 bridgehead atoms. The minimum absolute atomic E-state index is 1.13. The Hall–Kier alpha value is -8.96. The third-order valence-electron chi connectivity index (χ3n) is 14.8. The molecule has 0 atom stereocenters. The highest BCUT2D eigenvalue weighted by molar-refractivity contribution is 7.19. The van der Waals surface area contributed by atoms with Gasteiger partial charge in [0, 0.05) is 49.3 Å². The van der Waals surface area contributed by atoms with E-state index in [2.05, 4.69) is 287 Å². The smallest absolute Gasteiger partial charge is 0.179 e. The number of para-hydroxylation sites is 6. The topological polar surface area (TPSA) is 14.8 Å². The number of nitrogens with zero attached hydrogens (tertiary/aromatic N) is 3. The molecule has 328 valence electrons. The van der Waals surface area contributed by atoms with E-state index >= 15 is 0 Å². The first kappa shape index (κ1) is 40.1. The summed E-state index contributed by atoms with van der Waals surface area (Å²) in [4.78, 5) is 0. The number of rotatable bonds is 8.